The largest absolute Gasteiger partial charge is 0.479 e. The van der Waals surface area contributed by atoms with Gasteiger partial charge < -0.3 is 9.84 Å². The SMILES string of the molecule is CC[C@@H](C)c1nc2ccc(Br)cc2c(=O)n1N=Cc1cccc(O[C@@H](C)C(=O)O)c1. The maximum Gasteiger partial charge on any atom is 0.344 e. The van der Waals surface area contributed by atoms with E-state index < -0.39 is 12.1 Å². The molecule has 0 saturated carbocycles. The Balaban J connectivity index is 2.04. The fourth-order valence-corrected chi connectivity index (χ4v) is 3.19. The highest BCUT2D eigenvalue weighted by atomic mass is 79.9. The molecule has 0 aliphatic rings. The maximum atomic E-state index is 13.1. The summed E-state index contributed by atoms with van der Waals surface area (Å²) in [6.07, 6.45) is 1.37. The number of carboxylic acid groups (broad SMARTS) is 1. The summed E-state index contributed by atoms with van der Waals surface area (Å²) in [4.78, 5) is 28.8. The van der Waals surface area contributed by atoms with E-state index in [1.54, 1.807) is 30.3 Å². The van der Waals surface area contributed by atoms with E-state index in [1.807, 2.05) is 26.0 Å². The third kappa shape index (κ3) is 4.76. The van der Waals surface area contributed by atoms with E-state index in [9.17, 15) is 9.59 Å². The van der Waals surface area contributed by atoms with Crippen LogP contribution in [-0.4, -0.2) is 33.1 Å². The summed E-state index contributed by atoms with van der Waals surface area (Å²) in [7, 11) is 0. The molecule has 0 saturated heterocycles. The molecule has 2 aromatic carbocycles. The Bertz CT molecular complexity index is 1170. The van der Waals surface area contributed by atoms with E-state index in [1.165, 1.54) is 17.8 Å². The number of hydrogen-bond acceptors (Lipinski definition) is 5. The van der Waals surface area contributed by atoms with Crippen LogP contribution in [0.4, 0.5) is 0 Å². The molecule has 8 heteroatoms. The van der Waals surface area contributed by atoms with Gasteiger partial charge in [-0.15, -0.1) is 0 Å². The van der Waals surface area contributed by atoms with E-state index in [4.69, 9.17) is 9.84 Å². The number of aromatic nitrogens is 2. The number of benzene rings is 2. The number of hydrogen-bond donors (Lipinski definition) is 1. The van der Waals surface area contributed by atoms with E-state index in [2.05, 4.69) is 26.0 Å². The summed E-state index contributed by atoms with van der Waals surface area (Å²) >= 11 is 3.40. The Morgan fingerprint density at radius 1 is 1.30 bits per heavy atom. The molecule has 0 amide bonds. The van der Waals surface area contributed by atoms with Gasteiger partial charge in [0, 0.05) is 10.4 Å². The van der Waals surface area contributed by atoms with E-state index in [0.29, 0.717) is 28.0 Å². The lowest BCUT2D eigenvalue weighted by Gasteiger charge is -2.14. The highest BCUT2D eigenvalue weighted by molar-refractivity contribution is 9.10. The van der Waals surface area contributed by atoms with Gasteiger partial charge >= 0.3 is 5.97 Å². The van der Waals surface area contributed by atoms with Crippen LogP contribution in [0.5, 0.6) is 5.75 Å². The lowest BCUT2D eigenvalue weighted by Crippen LogP contribution is -2.24. The zero-order valence-corrected chi connectivity index (χ0v) is 18.5. The predicted molar refractivity (Wildman–Crippen MR) is 120 cm³/mol. The second-order valence-electron chi connectivity index (χ2n) is 6.97. The maximum absolute atomic E-state index is 13.1. The standard InChI is InChI=1S/C22H22BrN3O4/c1-4-13(2)20-25-19-9-8-16(23)11-18(19)21(27)26(20)24-12-15-6-5-7-17(10-15)30-14(3)22(28)29/h5-14H,4H2,1-3H3,(H,28,29)/t13-,14+/m1/s1. The molecule has 156 valence electrons. The summed E-state index contributed by atoms with van der Waals surface area (Å²) in [6.45, 7) is 5.49. The Kier molecular flexibility index (Phi) is 6.66. The molecule has 0 spiro atoms. The third-order valence-electron chi connectivity index (χ3n) is 4.73. The van der Waals surface area contributed by atoms with Crippen LogP contribution in [0.15, 0.2) is 56.8 Å². The predicted octanol–water partition coefficient (Wildman–Crippen LogP) is 4.41. The molecule has 0 radical (unpaired) electrons. The minimum atomic E-state index is -1.05. The monoisotopic (exact) mass is 471 g/mol. The molecule has 0 aliphatic carbocycles. The van der Waals surface area contributed by atoms with Gasteiger partial charge in [-0.3, -0.25) is 4.79 Å². The fourth-order valence-electron chi connectivity index (χ4n) is 2.83. The highest BCUT2D eigenvalue weighted by Gasteiger charge is 2.16. The van der Waals surface area contributed by atoms with Crippen LogP contribution in [0.3, 0.4) is 0 Å². The fraction of sp³-hybridized carbons (Fsp3) is 0.273. The van der Waals surface area contributed by atoms with Crippen molar-refractivity contribution in [1.29, 1.82) is 0 Å². The summed E-state index contributed by atoms with van der Waals surface area (Å²) < 4.78 is 7.51. The number of fused-ring (bicyclic) bond motifs is 1. The number of aliphatic carboxylic acids is 1. The number of ether oxygens (including phenoxy) is 1. The first-order valence-electron chi connectivity index (χ1n) is 9.56. The minimum Gasteiger partial charge on any atom is -0.479 e. The van der Waals surface area contributed by atoms with Gasteiger partial charge in [0.25, 0.3) is 5.56 Å². The van der Waals surface area contributed by atoms with Crippen LogP contribution in [0.2, 0.25) is 0 Å². The Morgan fingerprint density at radius 3 is 2.77 bits per heavy atom. The second kappa shape index (κ2) is 9.21. The molecule has 7 nitrogen and oxygen atoms in total. The Morgan fingerprint density at radius 2 is 2.07 bits per heavy atom. The van der Waals surface area contributed by atoms with Gasteiger partial charge in [-0.25, -0.2) is 9.78 Å². The van der Waals surface area contributed by atoms with Gasteiger partial charge in [-0.1, -0.05) is 41.9 Å². The van der Waals surface area contributed by atoms with Gasteiger partial charge in [-0.2, -0.15) is 9.78 Å². The van der Waals surface area contributed by atoms with Crippen LogP contribution in [0.25, 0.3) is 10.9 Å². The first-order chi connectivity index (χ1) is 14.3. The van der Waals surface area contributed by atoms with E-state index >= 15 is 0 Å². The van der Waals surface area contributed by atoms with Gasteiger partial charge in [0.2, 0.25) is 0 Å². The van der Waals surface area contributed by atoms with Crippen LogP contribution in [0, 0.1) is 0 Å². The van der Waals surface area contributed by atoms with Crippen LogP contribution in [-0.2, 0) is 4.79 Å². The summed E-state index contributed by atoms with van der Waals surface area (Å²) in [6, 6.07) is 12.3. The molecule has 2 atom stereocenters. The molecular formula is C22H22BrN3O4. The molecule has 1 aromatic heterocycles. The van der Waals surface area contributed by atoms with Gasteiger partial charge in [-0.05, 0) is 49.2 Å². The first-order valence-corrected chi connectivity index (χ1v) is 10.4. The topological polar surface area (TPSA) is 93.8 Å². The van der Waals surface area contributed by atoms with Crippen LogP contribution >= 0.6 is 15.9 Å². The van der Waals surface area contributed by atoms with Crippen molar-refractivity contribution in [2.24, 2.45) is 5.10 Å². The molecular weight excluding hydrogens is 450 g/mol. The molecule has 3 rings (SSSR count). The van der Waals surface area contributed by atoms with Gasteiger partial charge in [0.1, 0.15) is 11.6 Å². The van der Waals surface area contributed by atoms with Crippen molar-refractivity contribution in [1.82, 2.24) is 9.66 Å². The zero-order valence-electron chi connectivity index (χ0n) is 16.9. The number of rotatable bonds is 7. The van der Waals surface area contributed by atoms with Crippen molar-refractivity contribution >= 4 is 39.0 Å². The lowest BCUT2D eigenvalue weighted by molar-refractivity contribution is -0.144. The van der Waals surface area contributed by atoms with Crippen molar-refractivity contribution in [2.45, 2.75) is 39.2 Å². The number of carboxylic acids is 1. The molecule has 0 bridgehead atoms. The normalized spacial score (nSPS) is 13.5. The molecule has 1 N–H and O–H groups in total. The van der Waals surface area contributed by atoms with Gasteiger partial charge in [0.15, 0.2) is 6.10 Å². The zero-order chi connectivity index (χ0) is 21.8. The molecule has 0 aliphatic heterocycles. The van der Waals surface area contributed by atoms with Crippen molar-refractivity contribution in [3.63, 3.8) is 0 Å². The first kappa shape index (κ1) is 21.7. The smallest absolute Gasteiger partial charge is 0.344 e. The molecule has 0 unspecified atom stereocenters. The minimum absolute atomic E-state index is 0.0361. The molecule has 0 fully saturated rings. The van der Waals surface area contributed by atoms with E-state index in [0.717, 1.165) is 10.9 Å². The Hall–Kier alpha value is -3.00. The summed E-state index contributed by atoms with van der Waals surface area (Å²) in [5, 5.41) is 13.9. The van der Waals surface area contributed by atoms with Crippen LogP contribution in [0.1, 0.15) is 44.5 Å². The van der Waals surface area contributed by atoms with Crippen molar-refractivity contribution in [3.05, 3.63) is 68.7 Å². The number of halogens is 1. The summed E-state index contributed by atoms with van der Waals surface area (Å²) in [5.41, 5.74) is 1.05. The molecule has 30 heavy (non-hydrogen) atoms. The average molecular weight is 472 g/mol. The van der Waals surface area contributed by atoms with E-state index in [-0.39, 0.29) is 11.5 Å². The number of nitrogens with zero attached hydrogens (tertiary/aromatic N) is 3. The highest BCUT2D eigenvalue weighted by Crippen LogP contribution is 2.21. The van der Waals surface area contributed by atoms with Crippen molar-refractivity contribution in [3.8, 4) is 5.75 Å². The lowest BCUT2D eigenvalue weighted by atomic mass is 10.1. The van der Waals surface area contributed by atoms with Crippen LogP contribution < -0.4 is 10.3 Å². The number of carbonyl (C=O) groups is 1. The van der Waals surface area contributed by atoms with Crippen molar-refractivity contribution < 1.29 is 14.6 Å². The Labute approximate surface area is 182 Å². The molecule has 1 heterocycles. The third-order valence-corrected chi connectivity index (χ3v) is 5.22. The van der Waals surface area contributed by atoms with Crippen molar-refractivity contribution in [2.75, 3.05) is 0 Å². The van der Waals surface area contributed by atoms with Gasteiger partial charge in [0.05, 0.1) is 17.1 Å². The molecule has 3 aromatic rings. The quantitative estimate of drug-likeness (QED) is 0.515. The average Bonchev–Trinajstić information content (AvgIpc) is 2.73. The second-order valence-corrected chi connectivity index (χ2v) is 7.89. The summed E-state index contributed by atoms with van der Waals surface area (Å²) in [5.74, 6) is -0.0226.